The molecule has 24 heavy (non-hydrogen) atoms. The Morgan fingerprint density at radius 3 is 2.92 bits per heavy atom. The van der Waals surface area contributed by atoms with Crippen LogP contribution in [0.5, 0.6) is 0 Å². The standard InChI is InChI=1S/C18H21N5O/c1-21-9-10-23(12-16(21)17-20-7-8-22(17)2)18(24)14-3-4-15-13(11-14)5-6-19-15/h3-8,11,16,19H,9-10,12H2,1-2H3. The Morgan fingerprint density at radius 1 is 1.25 bits per heavy atom. The van der Waals surface area contributed by atoms with Crippen molar-refractivity contribution in [2.75, 3.05) is 26.7 Å². The van der Waals surface area contributed by atoms with Gasteiger partial charge in [-0.05, 0) is 31.3 Å². The molecule has 3 aromatic rings. The number of amides is 1. The van der Waals surface area contributed by atoms with Crippen LogP contribution >= 0.6 is 0 Å². The molecule has 1 saturated heterocycles. The van der Waals surface area contributed by atoms with E-state index < -0.39 is 0 Å². The van der Waals surface area contributed by atoms with E-state index in [1.54, 1.807) is 0 Å². The first kappa shape index (κ1) is 15.0. The number of piperazine rings is 1. The van der Waals surface area contributed by atoms with Gasteiger partial charge in [-0.15, -0.1) is 0 Å². The second kappa shape index (κ2) is 5.79. The number of aryl methyl sites for hydroxylation is 1. The first-order valence-electron chi connectivity index (χ1n) is 8.17. The number of aromatic nitrogens is 3. The van der Waals surface area contributed by atoms with Crippen LogP contribution in [0.3, 0.4) is 0 Å². The van der Waals surface area contributed by atoms with Crippen LogP contribution in [0.25, 0.3) is 10.9 Å². The van der Waals surface area contributed by atoms with Crippen LogP contribution < -0.4 is 0 Å². The first-order valence-corrected chi connectivity index (χ1v) is 8.17. The fourth-order valence-electron chi connectivity index (χ4n) is 3.40. The summed E-state index contributed by atoms with van der Waals surface area (Å²) in [6.45, 7) is 2.24. The number of imidazole rings is 1. The minimum Gasteiger partial charge on any atom is -0.361 e. The van der Waals surface area contributed by atoms with Crippen molar-refractivity contribution in [2.45, 2.75) is 6.04 Å². The quantitative estimate of drug-likeness (QED) is 0.785. The molecule has 0 aliphatic carbocycles. The second-order valence-electron chi connectivity index (χ2n) is 6.42. The van der Waals surface area contributed by atoms with Crippen molar-refractivity contribution in [3.8, 4) is 0 Å². The maximum Gasteiger partial charge on any atom is 0.253 e. The minimum atomic E-state index is 0.0883. The lowest BCUT2D eigenvalue weighted by atomic mass is 10.1. The lowest BCUT2D eigenvalue weighted by molar-refractivity contribution is 0.0529. The molecule has 3 heterocycles. The van der Waals surface area contributed by atoms with Crippen molar-refractivity contribution in [1.82, 2.24) is 24.3 Å². The number of carbonyl (C=O) groups excluding carboxylic acids is 1. The third kappa shape index (κ3) is 2.49. The summed E-state index contributed by atoms with van der Waals surface area (Å²) < 4.78 is 2.03. The van der Waals surface area contributed by atoms with E-state index in [1.807, 2.05) is 59.4 Å². The predicted octanol–water partition coefficient (Wildman–Crippen LogP) is 2.03. The first-order chi connectivity index (χ1) is 11.6. The summed E-state index contributed by atoms with van der Waals surface area (Å²) in [7, 11) is 4.09. The molecule has 1 atom stereocenters. The van der Waals surface area contributed by atoms with Gasteiger partial charge in [-0.1, -0.05) is 0 Å². The van der Waals surface area contributed by atoms with E-state index in [1.165, 1.54) is 0 Å². The van der Waals surface area contributed by atoms with Crippen molar-refractivity contribution in [2.24, 2.45) is 7.05 Å². The van der Waals surface area contributed by atoms with Gasteiger partial charge in [-0.3, -0.25) is 9.69 Å². The summed E-state index contributed by atoms with van der Waals surface area (Å²) in [6, 6.07) is 7.94. The number of nitrogens with one attached hydrogen (secondary N) is 1. The molecule has 1 fully saturated rings. The molecule has 4 rings (SSSR count). The zero-order valence-corrected chi connectivity index (χ0v) is 13.9. The number of fused-ring (bicyclic) bond motifs is 1. The molecule has 0 bridgehead atoms. The molecule has 6 heteroatoms. The predicted molar refractivity (Wildman–Crippen MR) is 92.8 cm³/mol. The lowest BCUT2D eigenvalue weighted by Gasteiger charge is -2.39. The fourth-order valence-corrected chi connectivity index (χ4v) is 3.40. The Morgan fingerprint density at radius 2 is 2.12 bits per heavy atom. The second-order valence-corrected chi connectivity index (χ2v) is 6.42. The largest absolute Gasteiger partial charge is 0.361 e. The number of nitrogens with zero attached hydrogens (tertiary/aromatic N) is 4. The SMILES string of the molecule is CN1CCN(C(=O)c2ccc3[nH]ccc3c2)CC1c1nccn1C. The highest BCUT2D eigenvalue weighted by Crippen LogP contribution is 2.24. The molecule has 0 radical (unpaired) electrons. The fraction of sp³-hybridized carbons (Fsp3) is 0.333. The highest BCUT2D eigenvalue weighted by Gasteiger charge is 2.31. The summed E-state index contributed by atoms with van der Waals surface area (Å²) in [5.41, 5.74) is 1.79. The Bertz CT molecular complexity index is 880. The van der Waals surface area contributed by atoms with Crippen LogP contribution in [0, 0.1) is 0 Å². The molecular formula is C18H21N5O. The highest BCUT2D eigenvalue weighted by atomic mass is 16.2. The molecule has 1 unspecified atom stereocenters. The van der Waals surface area contributed by atoms with Crippen LogP contribution in [-0.4, -0.2) is 56.9 Å². The van der Waals surface area contributed by atoms with Crippen LogP contribution in [-0.2, 0) is 7.05 Å². The lowest BCUT2D eigenvalue weighted by Crippen LogP contribution is -2.49. The number of hydrogen-bond donors (Lipinski definition) is 1. The van der Waals surface area contributed by atoms with Crippen molar-refractivity contribution in [3.05, 3.63) is 54.2 Å². The zero-order chi connectivity index (χ0) is 16.7. The van der Waals surface area contributed by atoms with Gasteiger partial charge in [0, 0.05) is 61.7 Å². The van der Waals surface area contributed by atoms with Gasteiger partial charge < -0.3 is 14.5 Å². The number of H-pyrrole nitrogens is 1. The average molecular weight is 323 g/mol. The molecule has 2 aromatic heterocycles. The molecule has 0 spiro atoms. The smallest absolute Gasteiger partial charge is 0.253 e. The van der Waals surface area contributed by atoms with Crippen LogP contribution in [0.15, 0.2) is 42.9 Å². The Balaban J connectivity index is 1.59. The van der Waals surface area contributed by atoms with E-state index in [9.17, 15) is 4.79 Å². The number of benzene rings is 1. The van der Waals surface area contributed by atoms with E-state index in [2.05, 4.69) is 21.9 Å². The summed E-state index contributed by atoms with van der Waals surface area (Å²) in [5, 5.41) is 1.07. The van der Waals surface area contributed by atoms with Crippen molar-refractivity contribution in [1.29, 1.82) is 0 Å². The number of hydrogen-bond acceptors (Lipinski definition) is 3. The number of carbonyl (C=O) groups is 1. The maximum absolute atomic E-state index is 12.9. The molecule has 1 aliphatic heterocycles. The van der Waals surface area contributed by atoms with E-state index in [-0.39, 0.29) is 11.9 Å². The molecule has 6 nitrogen and oxygen atoms in total. The molecule has 1 amide bonds. The average Bonchev–Trinajstić information content (AvgIpc) is 3.22. The van der Waals surface area contributed by atoms with Gasteiger partial charge in [-0.2, -0.15) is 0 Å². The third-order valence-electron chi connectivity index (χ3n) is 4.89. The molecule has 1 aliphatic rings. The number of aromatic amines is 1. The topological polar surface area (TPSA) is 57.2 Å². The Hall–Kier alpha value is -2.60. The number of likely N-dealkylation sites (N-methyl/N-ethyl adjacent to an activating group) is 1. The molecule has 0 saturated carbocycles. The van der Waals surface area contributed by atoms with Gasteiger partial charge in [0.15, 0.2) is 0 Å². The van der Waals surface area contributed by atoms with Gasteiger partial charge in [-0.25, -0.2) is 4.98 Å². The van der Waals surface area contributed by atoms with Gasteiger partial charge in [0.2, 0.25) is 0 Å². The van der Waals surface area contributed by atoms with Gasteiger partial charge >= 0.3 is 0 Å². The normalized spacial score (nSPS) is 19.1. The molecular weight excluding hydrogens is 302 g/mol. The van der Waals surface area contributed by atoms with E-state index in [4.69, 9.17) is 0 Å². The van der Waals surface area contributed by atoms with Gasteiger partial charge in [0.25, 0.3) is 5.91 Å². The van der Waals surface area contributed by atoms with E-state index in [0.717, 1.165) is 35.4 Å². The van der Waals surface area contributed by atoms with E-state index in [0.29, 0.717) is 6.54 Å². The van der Waals surface area contributed by atoms with Crippen LogP contribution in [0.2, 0.25) is 0 Å². The van der Waals surface area contributed by atoms with Gasteiger partial charge in [0.05, 0.1) is 6.04 Å². The summed E-state index contributed by atoms with van der Waals surface area (Å²) in [4.78, 5) is 24.8. The van der Waals surface area contributed by atoms with Crippen molar-refractivity contribution in [3.63, 3.8) is 0 Å². The summed E-state index contributed by atoms with van der Waals surface area (Å²) >= 11 is 0. The molecule has 1 aromatic carbocycles. The van der Waals surface area contributed by atoms with E-state index >= 15 is 0 Å². The van der Waals surface area contributed by atoms with Crippen molar-refractivity contribution < 1.29 is 4.79 Å². The van der Waals surface area contributed by atoms with Gasteiger partial charge in [0.1, 0.15) is 5.82 Å². The zero-order valence-electron chi connectivity index (χ0n) is 13.9. The monoisotopic (exact) mass is 323 g/mol. The number of rotatable bonds is 2. The summed E-state index contributed by atoms with van der Waals surface area (Å²) in [6.07, 6.45) is 5.65. The Labute approximate surface area is 140 Å². The van der Waals surface area contributed by atoms with Crippen LogP contribution in [0.4, 0.5) is 0 Å². The minimum absolute atomic E-state index is 0.0883. The maximum atomic E-state index is 12.9. The van der Waals surface area contributed by atoms with Crippen molar-refractivity contribution >= 4 is 16.8 Å². The summed E-state index contributed by atoms with van der Waals surface area (Å²) in [5.74, 6) is 1.08. The highest BCUT2D eigenvalue weighted by molar-refractivity contribution is 5.98. The molecule has 1 N–H and O–H groups in total. The van der Waals surface area contributed by atoms with Crippen LogP contribution in [0.1, 0.15) is 22.2 Å². The molecule has 124 valence electrons. The third-order valence-corrected chi connectivity index (χ3v) is 4.89. The Kier molecular flexibility index (Phi) is 3.61.